The molecule has 1 aliphatic heterocycles. The fourth-order valence-electron chi connectivity index (χ4n) is 1.68. The second kappa shape index (κ2) is 4.48. The van der Waals surface area contributed by atoms with E-state index in [2.05, 4.69) is 4.74 Å². The number of fused-ring (bicyclic) bond motifs is 1. The van der Waals surface area contributed by atoms with E-state index in [9.17, 15) is 14.4 Å². The van der Waals surface area contributed by atoms with Crippen LogP contribution in [0.25, 0.3) is 0 Å². The summed E-state index contributed by atoms with van der Waals surface area (Å²) in [6.07, 6.45) is -0.0161. The Balaban J connectivity index is 2.51. The SMILES string of the molecule is COc1cc2c(cc1OC(C)=O)C(=O)OC(=O)C2. The van der Waals surface area contributed by atoms with Crippen molar-refractivity contribution < 1.29 is 28.6 Å². The first-order valence-corrected chi connectivity index (χ1v) is 5.15. The van der Waals surface area contributed by atoms with E-state index in [4.69, 9.17) is 9.47 Å². The van der Waals surface area contributed by atoms with E-state index in [0.717, 1.165) is 0 Å². The molecule has 0 aliphatic carbocycles. The van der Waals surface area contributed by atoms with E-state index in [-0.39, 0.29) is 23.5 Å². The zero-order chi connectivity index (χ0) is 13.3. The van der Waals surface area contributed by atoms with Crippen molar-refractivity contribution in [1.29, 1.82) is 0 Å². The van der Waals surface area contributed by atoms with Crippen LogP contribution in [0.15, 0.2) is 12.1 Å². The van der Waals surface area contributed by atoms with E-state index in [1.54, 1.807) is 0 Å². The normalized spacial score (nSPS) is 13.7. The number of carbonyl (C=O) groups excluding carboxylic acids is 3. The molecule has 0 N–H and O–H groups in total. The van der Waals surface area contributed by atoms with Gasteiger partial charge in [-0.05, 0) is 17.7 Å². The van der Waals surface area contributed by atoms with Crippen LogP contribution in [0.3, 0.4) is 0 Å². The fourth-order valence-corrected chi connectivity index (χ4v) is 1.68. The van der Waals surface area contributed by atoms with Crippen molar-refractivity contribution in [1.82, 2.24) is 0 Å². The minimum Gasteiger partial charge on any atom is -0.493 e. The van der Waals surface area contributed by atoms with E-state index in [1.807, 2.05) is 0 Å². The number of cyclic esters (lactones) is 2. The highest BCUT2D eigenvalue weighted by Crippen LogP contribution is 2.33. The second-order valence-electron chi connectivity index (χ2n) is 3.69. The van der Waals surface area contributed by atoms with Crippen LogP contribution in [0, 0.1) is 0 Å². The number of carbonyl (C=O) groups is 3. The maximum absolute atomic E-state index is 11.5. The third kappa shape index (κ3) is 2.17. The Kier molecular flexibility index (Phi) is 3.01. The summed E-state index contributed by atoms with van der Waals surface area (Å²) in [6.45, 7) is 1.24. The molecule has 94 valence electrons. The van der Waals surface area contributed by atoms with Crippen molar-refractivity contribution in [2.45, 2.75) is 13.3 Å². The maximum Gasteiger partial charge on any atom is 0.346 e. The number of hydrogen-bond donors (Lipinski definition) is 0. The fraction of sp³-hybridized carbons (Fsp3) is 0.250. The Morgan fingerprint density at radius 3 is 2.61 bits per heavy atom. The van der Waals surface area contributed by atoms with Gasteiger partial charge in [-0.2, -0.15) is 0 Å². The number of hydrogen-bond acceptors (Lipinski definition) is 6. The van der Waals surface area contributed by atoms with Crippen molar-refractivity contribution in [2.24, 2.45) is 0 Å². The first-order chi connectivity index (χ1) is 8.51. The zero-order valence-corrected chi connectivity index (χ0v) is 9.81. The molecule has 2 rings (SSSR count). The molecule has 0 saturated carbocycles. The molecule has 18 heavy (non-hydrogen) atoms. The van der Waals surface area contributed by atoms with E-state index in [1.165, 1.54) is 26.2 Å². The number of rotatable bonds is 2. The third-order valence-electron chi connectivity index (χ3n) is 2.40. The third-order valence-corrected chi connectivity index (χ3v) is 2.40. The van der Waals surface area contributed by atoms with Gasteiger partial charge in [0.2, 0.25) is 0 Å². The van der Waals surface area contributed by atoms with Crippen LogP contribution in [0.1, 0.15) is 22.8 Å². The van der Waals surface area contributed by atoms with Gasteiger partial charge in [0, 0.05) is 6.92 Å². The van der Waals surface area contributed by atoms with Crippen molar-refractivity contribution in [3.63, 3.8) is 0 Å². The van der Waals surface area contributed by atoms with Crippen LogP contribution < -0.4 is 9.47 Å². The molecule has 0 spiro atoms. The van der Waals surface area contributed by atoms with Crippen LogP contribution in [-0.4, -0.2) is 25.0 Å². The highest BCUT2D eigenvalue weighted by atomic mass is 16.6. The quantitative estimate of drug-likeness (QED) is 0.440. The van der Waals surface area contributed by atoms with Crippen LogP contribution in [0.5, 0.6) is 11.5 Å². The van der Waals surface area contributed by atoms with Crippen LogP contribution in [0.4, 0.5) is 0 Å². The molecule has 0 aromatic heterocycles. The lowest BCUT2D eigenvalue weighted by Gasteiger charge is -2.17. The summed E-state index contributed by atoms with van der Waals surface area (Å²) in [5.74, 6) is -1.50. The molecule has 1 heterocycles. The molecular formula is C12H10O6. The summed E-state index contributed by atoms with van der Waals surface area (Å²) >= 11 is 0. The average molecular weight is 250 g/mol. The number of benzene rings is 1. The predicted molar refractivity (Wildman–Crippen MR) is 58.4 cm³/mol. The summed E-state index contributed by atoms with van der Waals surface area (Å²) in [7, 11) is 1.40. The largest absolute Gasteiger partial charge is 0.493 e. The molecule has 6 heteroatoms. The Morgan fingerprint density at radius 2 is 2.00 bits per heavy atom. The van der Waals surface area contributed by atoms with Gasteiger partial charge in [-0.15, -0.1) is 0 Å². The average Bonchev–Trinajstić information content (AvgIpc) is 2.28. The first kappa shape index (κ1) is 12.1. The Hall–Kier alpha value is -2.37. The van der Waals surface area contributed by atoms with Crippen LogP contribution >= 0.6 is 0 Å². The van der Waals surface area contributed by atoms with Gasteiger partial charge in [0.05, 0.1) is 19.1 Å². The van der Waals surface area contributed by atoms with Crippen molar-refractivity contribution >= 4 is 17.9 Å². The molecule has 0 amide bonds. The van der Waals surface area contributed by atoms with Gasteiger partial charge in [0.25, 0.3) is 0 Å². The van der Waals surface area contributed by atoms with Crippen LogP contribution in [0.2, 0.25) is 0 Å². The highest BCUT2D eigenvalue weighted by Gasteiger charge is 2.27. The molecule has 0 fully saturated rings. The minimum atomic E-state index is -0.752. The lowest BCUT2D eigenvalue weighted by molar-refractivity contribution is -0.138. The molecule has 0 atom stereocenters. The lowest BCUT2D eigenvalue weighted by Crippen LogP contribution is -2.23. The van der Waals surface area contributed by atoms with E-state index >= 15 is 0 Å². The van der Waals surface area contributed by atoms with Crippen LogP contribution in [-0.2, 0) is 20.7 Å². The molecule has 1 aromatic carbocycles. The molecule has 6 nitrogen and oxygen atoms in total. The number of methoxy groups -OCH3 is 1. The minimum absolute atomic E-state index is 0.0161. The molecule has 0 radical (unpaired) electrons. The molecular weight excluding hydrogens is 240 g/mol. The monoisotopic (exact) mass is 250 g/mol. The summed E-state index contributed by atoms with van der Waals surface area (Å²) in [4.78, 5) is 33.6. The second-order valence-corrected chi connectivity index (χ2v) is 3.69. The lowest BCUT2D eigenvalue weighted by atomic mass is 10.0. The maximum atomic E-state index is 11.5. The summed E-state index contributed by atoms with van der Waals surface area (Å²) in [6, 6.07) is 2.83. The van der Waals surface area contributed by atoms with E-state index < -0.39 is 17.9 Å². The Bertz CT molecular complexity index is 546. The summed E-state index contributed by atoms with van der Waals surface area (Å²) in [5, 5.41) is 0. The standard InChI is InChI=1S/C12H10O6/c1-6(13)17-10-5-8-7(3-9(10)16-2)4-11(14)18-12(8)15/h3,5H,4H2,1-2H3. The van der Waals surface area contributed by atoms with Gasteiger partial charge in [-0.1, -0.05) is 0 Å². The van der Waals surface area contributed by atoms with Gasteiger partial charge in [-0.3, -0.25) is 9.59 Å². The van der Waals surface area contributed by atoms with Gasteiger partial charge in [-0.25, -0.2) is 4.79 Å². The predicted octanol–water partition coefficient (Wildman–Crippen LogP) is 0.860. The molecule has 0 bridgehead atoms. The van der Waals surface area contributed by atoms with Gasteiger partial charge in [0.1, 0.15) is 0 Å². The highest BCUT2D eigenvalue weighted by molar-refractivity contribution is 6.03. The molecule has 1 aliphatic rings. The topological polar surface area (TPSA) is 78.9 Å². The number of esters is 3. The van der Waals surface area contributed by atoms with Crippen molar-refractivity contribution in [3.05, 3.63) is 23.3 Å². The van der Waals surface area contributed by atoms with Crippen molar-refractivity contribution in [3.8, 4) is 11.5 Å². The molecule has 1 aromatic rings. The molecule has 0 saturated heterocycles. The van der Waals surface area contributed by atoms with E-state index in [0.29, 0.717) is 5.56 Å². The molecule has 0 unspecified atom stereocenters. The van der Waals surface area contributed by atoms with Gasteiger partial charge in [0.15, 0.2) is 11.5 Å². The van der Waals surface area contributed by atoms with Gasteiger partial charge < -0.3 is 14.2 Å². The zero-order valence-electron chi connectivity index (χ0n) is 9.81. The first-order valence-electron chi connectivity index (χ1n) is 5.15. The van der Waals surface area contributed by atoms with Crippen molar-refractivity contribution in [2.75, 3.05) is 7.11 Å². The number of ether oxygens (including phenoxy) is 3. The smallest absolute Gasteiger partial charge is 0.346 e. The summed E-state index contributed by atoms with van der Waals surface area (Å²) < 4.78 is 14.5. The Morgan fingerprint density at radius 1 is 1.28 bits per heavy atom. The summed E-state index contributed by atoms with van der Waals surface area (Å²) in [5.41, 5.74) is 0.690. The van der Waals surface area contributed by atoms with Gasteiger partial charge >= 0.3 is 17.9 Å². The Labute approximate surface area is 102 Å².